The minimum atomic E-state index is -0.580. The summed E-state index contributed by atoms with van der Waals surface area (Å²) >= 11 is 0. The van der Waals surface area contributed by atoms with Crippen molar-refractivity contribution in [3.05, 3.63) is 46.6 Å². The second-order valence-electron chi connectivity index (χ2n) is 8.86. The fraction of sp³-hybridized carbons (Fsp3) is 0.560. The number of aryl methyl sites for hydroxylation is 1. The molecule has 4 heteroatoms. The molecule has 0 saturated carbocycles. The van der Waals surface area contributed by atoms with Gasteiger partial charge in [0.25, 0.3) is 0 Å². The first-order chi connectivity index (χ1) is 13.5. The summed E-state index contributed by atoms with van der Waals surface area (Å²) in [5.74, 6) is 0.480. The number of rotatable bonds is 10. The predicted octanol–water partition coefficient (Wildman–Crippen LogP) is 6.51. The van der Waals surface area contributed by atoms with E-state index >= 15 is 0 Å². The zero-order valence-corrected chi connectivity index (χ0v) is 19.2. The minimum Gasteiger partial charge on any atom is -0.508 e. The fourth-order valence-corrected chi connectivity index (χ4v) is 2.78. The van der Waals surface area contributed by atoms with E-state index < -0.39 is 5.41 Å². The third-order valence-corrected chi connectivity index (χ3v) is 4.55. The molecule has 0 aliphatic rings. The average molecular weight is 403 g/mol. The zero-order valence-electron chi connectivity index (χ0n) is 19.2. The van der Waals surface area contributed by atoms with Crippen molar-refractivity contribution in [1.82, 2.24) is 0 Å². The summed E-state index contributed by atoms with van der Waals surface area (Å²) in [6, 6.07) is 3.75. The largest absolute Gasteiger partial charge is 0.508 e. The van der Waals surface area contributed by atoms with Crippen LogP contribution in [0, 0.1) is 5.41 Å². The van der Waals surface area contributed by atoms with Crippen molar-refractivity contribution in [2.45, 2.75) is 80.6 Å². The maximum atomic E-state index is 12.0. The van der Waals surface area contributed by atoms with Crippen molar-refractivity contribution < 1.29 is 19.4 Å². The Hall–Kier alpha value is -2.23. The van der Waals surface area contributed by atoms with Crippen LogP contribution in [-0.4, -0.2) is 17.9 Å². The number of esters is 1. The van der Waals surface area contributed by atoms with E-state index in [-0.39, 0.29) is 18.5 Å². The fourth-order valence-electron chi connectivity index (χ4n) is 2.78. The number of ether oxygens (including phenoxy) is 2. The Morgan fingerprint density at radius 2 is 1.83 bits per heavy atom. The van der Waals surface area contributed by atoms with Crippen LogP contribution in [0.5, 0.6) is 11.5 Å². The molecule has 0 amide bonds. The van der Waals surface area contributed by atoms with E-state index in [1.807, 2.05) is 6.07 Å². The highest BCUT2D eigenvalue weighted by atomic mass is 16.7. The van der Waals surface area contributed by atoms with Gasteiger partial charge in [0.15, 0.2) is 0 Å². The number of aromatic hydroxyl groups is 1. The summed E-state index contributed by atoms with van der Waals surface area (Å²) in [6.45, 7) is 13.6. The molecular formula is C25H38O4. The lowest BCUT2D eigenvalue weighted by Crippen LogP contribution is -2.24. The van der Waals surface area contributed by atoms with E-state index in [1.165, 1.54) is 11.1 Å². The summed E-state index contributed by atoms with van der Waals surface area (Å²) in [4.78, 5) is 12.0. The van der Waals surface area contributed by atoms with Gasteiger partial charge in [0.2, 0.25) is 6.79 Å². The topological polar surface area (TPSA) is 55.8 Å². The summed E-state index contributed by atoms with van der Waals surface area (Å²) in [5, 5.41) is 10.6. The Morgan fingerprint density at radius 3 is 2.41 bits per heavy atom. The molecule has 0 fully saturated rings. The number of phenolic OH excluding ortho intramolecular Hbond substituents is 1. The van der Waals surface area contributed by atoms with Gasteiger partial charge in [-0.1, -0.05) is 36.6 Å². The first kappa shape index (κ1) is 24.8. The van der Waals surface area contributed by atoms with Crippen LogP contribution in [0.2, 0.25) is 0 Å². The van der Waals surface area contributed by atoms with E-state index in [0.717, 1.165) is 36.8 Å². The van der Waals surface area contributed by atoms with Crippen molar-refractivity contribution in [1.29, 1.82) is 0 Å². The van der Waals surface area contributed by atoms with Gasteiger partial charge in [-0.15, -0.1) is 0 Å². The smallest absolute Gasteiger partial charge is 0.314 e. The maximum absolute atomic E-state index is 12.0. The molecule has 29 heavy (non-hydrogen) atoms. The van der Waals surface area contributed by atoms with Crippen molar-refractivity contribution >= 4 is 5.97 Å². The van der Waals surface area contributed by atoms with Crippen molar-refractivity contribution in [3.63, 3.8) is 0 Å². The highest BCUT2D eigenvalue weighted by Gasteiger charge is 2.23. The standard InChI is InChI=1S/C25H38O4/c1-8-10-20-15-22(26)21(14-13-19(4)12-9-11-18(2)3)23(16-20)28-17-29-24(27)25(5,6)7/h11,13,15-16,26H,8-10,12,14,17H2,1-7H3. The first-order valence-electron chi connectivity index (χ1n) is 10.5. The molecular weight excluding hydrogens is 364 g/mol. The molecule has 0 aliphatic carbocycles. The molecule has 162 valence electrons. The lowest BCUT2D eigenvalue weighted by Gasteiger charge is -2.18. The number of hydrogen-bond acceptors (Lipinski definition) is 4. The van der Waals surface area contributed by atoms with E-state index in [0.29, 0.717) is 12.2 Å². The van der Waals surface area contributed by atoms with Gasteiger partial charge in [0.05, 0.1) is 5.41 Å². The van der Waals surface area contributed by atoms with Crippen LogP contribution in [0.3, 0.4) is 0 Å². The van der Waals surface area contributed by atoms with Gasteiger partial charge in [0.1, 0.15) is 11.5 Å². The molecule has 0 unspecified atom stereocenters. The summed E-state index contributed by atoms with van der Waals surface area (Å²) in [5.41, 5.74) is 3.74. The lowest BCUT2D eigenvalue weighted by molar-refractivity contribution is -0.159. The third kappa shape index (κ3) is 9.21. The van der Waals surface area contributed by atoms with E-state index in [4.69, 9.17) is 9.47 Å². The highest BCUT2D eigenvalue weighted by Crippen LogP contribution is 2.32. The molecule has 0 spiro atoms. The van der Waals surface area contributed by atoms with Crippen molar-refractivity contribution in [2.24, 2.45) is 5.41 Å². The van der Waals surface area contributed by atoms with Crippen LogP contribution in [0.4, 0.5) is 0 Å². The molecule has 0 bridgehead atoms. The molecule has 4 nitrogen and oxygen atoms in total. The van der Waals surface area contributed by atoms with Crippen LogP contribution >= 0.6 is 0 Å². The lowest BCUT2D eigenvalue weighted by atomic mass is 9.98. The van der Waals surface area contributed by atoms with Gasteiger partial charge in [0, 0.05) is 5.56 Å². The number of phenols is 1. The number of carbonyl (C=O) groups is 1. The van der Waals surface area contributed by atoms with Gasteiger partial charge < -0.3 is 14.6 Å². The van der Waals surface area contributed by atoms with Gasteiger partial charge in [-0.3, -0.25) is 4.79 Å². The molecule has 0 aliphatic heterocycles. The number of carbonyl (C=O) groups excluding carboxylic acids is 1. The van der Waals surface area contributed by atoms with Crippen molar-refractivity contribution in [2.75, 3.05) is 6.79 Å². The predicted molar refractivity (Wildman–Crippen MR) is 119 cm³/mol. The second-order valence-corrected chi connectivity index (χ2v) is 8.86. The normalized spacial score (nSPS) is 11.9. The SMILES string of the molecule is CCCc1cc(O)c(CC=C(C)CCC=C(C)C)c(OCOC(=O)C(C)(C)C)c1. The molecule has 1 rings (SSSR count). The van der Waals surface area contributed by atoms with E-state index in [1.54, 1.807) is 26.8 Å². The summed E-state index contributed by atoms with van der Waals surface area (Å²) < 4.78 is 11.0. The highest BCUT2D eigenvalue weighted by molar-refractivity contribution is 5.75. The van der Waals surface area contributed by atoms with Gasteiger partial charge >= 0.3 is 5.97 Å². The molecule has 0 saturated heterocycles. The Balaban J connectivity index is 2.94. The van der Waals surface area contributed by atoms with Crippen LogP contribution in [-0.2, 0) is 22.4 Å². The third-order valence-electron chi connectivity index (χ3n) is 4.55. The van der Waals surface area contributed by atoms with Crippen LogP contribution in [0.25, 0.3) is 0 Å². The Labute approximate surface area is 176 Å². The van der Waals surface area contributed by atoms with Crippen LogP contribution < -0.4 is 4.74 Å². The molecule has 0 radical (unpaired) electrons. The monoisotopic (exact) mass is 402 g/mol. The minimum absolute atomic E-state index is 0.165. The van der Waals surface area contributed by atoms with E-state index in [9.17, 15) is 9.90 Å². The number of hydrogen-bond donors (Lipinski definition) is 1. The van der Waals surface area contributed by atoms with Gasteiger partial charge in [-0.2, -0.15) is 0 Å². The first-order valence-corrected chi connectivity index (χ1v) is 10.5. The molecule has 1 N–H and O–H groups in total. The van der Waals surface area contributed by atoms with Crippen LogP contribution in [0.1, 0.15) is 78.9 Å². The molecule has 0 heterocycles. The van der Waals surface area contributed by atoms with Gasteiger partial charge in [-0.25, -0.2) is 0 Å². The van der Waals surface area contributed by atoms with Gasteiger partial charge in [-0.05, 0) is 84.9 Å². The summed E-state index contributed by atoms with van der Waals surface area (Å²) in [6.07, 6.45) is 8.75. The maximum Gasteiger partial charge on any atom is 0.314 e. The number of benzene rings is 1. The Kier molecular flexibility index (Phi) is 10.0. The molecule has 0 atom stereocenters. The number of allylic oxidation sites excluding steroid dienone is 4. The summed E-state index contributed by atoms with van der Waals surface area (Å²) in [7, 11) is 0. The molecule has 1 aromatic rings. The second kappa shape index (κ2) is 11.7. The quantitative estimate of drug-likeness (QED) is 0.275. The average Bonchev–Trinajstić information content (AvgIpc) is 2.60. The zero-order chi connectivity index (χ0) is 22.0. The molecule has 0 aromatic heterocycles. The molecule has 1 aromatic carbocycles. The van der Waals surface area contributed by atoms with Crippen molar-refractivity contribution in [3.8, 4) is 11.5 Å². The van der Waals surface area contributed by atoms with Crippen LogP contribution in [0.15, 0.2) is 35.4 Å². The Morgan fingerprint density at radius 1 is 1.14 bits per heavy atom. The Bertz CT molecular complexity index is 732. The van der Waals surface area contributed by atoms with E-state index in [2.05, 4.69) is 39.8 Å².